The highest BCUT2D eigenvalue weighted by molar-refractivity contribution is 5.89. The quantitative estimate of drug-likeness (QED) is 0.234. The highest BCUT2D eigenvalue weighted by atomic mass is 16.5. The van der Waals surface area contributed by atoms with Gasteiger partial charge in [0.25, 0.3) is 0 Å². The molecule has 0 fully saturated rings. The van der Waals surface area contributed by atoms with E-state index in [0.717, 1.165) is 0 Å². The summed E-state index contributed by atoms with van der Waals surface area (Å²) in [6, 6.07) is 6.51. The van der Waals surface area contributed by atoms with E-state index >= 15 is 0 Å². The summed E-state index contributed by atoms with van der Waals surface area (Å²) in [5.41, 5.74) is 1.07. The van der Waals surface area contributed by atoms with Crippen molar-refractivity contribution in [3.63, 3.8) is 0 Å². The molecule has 1 aromatic carbocycles. The maximum absolute atomic E-state index is 11.9. The fourth-order valence-electron chi connectivity index (χ4n) is 1.82. The Morgan fingerprint density at radius 3 is 1.71 bits per heavy atom. The van der Waals surface area contributed by atoms with E-state index in [1.165, 1.54) is 0 Å². The molecule has 0 bridgehead atoms. The van der Waals surface area contributed by atoms with Gasteiger partial charge < -0.3 is 18.9 Å². The number of hydrogen-bond acceptors (Lipinski definition) is 7. The second kappa shape index (κ2) is 12.3. The van der Waals surface area contributed by atoms with Crippen molar-refractivity contribution in [2.45, 2.75) is 26.7 Å². The number of esters is 3. The number of benzene rings is 1. The van der Waals surface area contributed by atoms with E-state index in [0.29, 0.717) is 41.9 Å². The molecule has 0 aliphatic heterocycles. The molecule has 0 unspecified atom stereocenters. The lowest BCUT2D eigenvalue weighted by molar-refractivity contribution is -0.140. The first-order valence-corrected chi connectivity index (χ1v) is 8.86. The molecule has 152 valence electrons. The normalized spacial score (nSPS) is 9.93. The molecular formula is C21H26O7. The maximum atomic E-state index is 11.9. The smallest absolute Gasteiger partial charge is 0.338 e. The molecule has 0 aliphatic rings. The number of carbonyl (C=O) groups excluding carboxylic acids is 3. The van der Waals surface area contributed by atoms with E-state index in [1.807, 2.05) is 0 Å². The van der Waals surface area contributed by atoms with Crippen LogP contribution in [0.3, 0.4) is 0 Å². The van der Waals surface area contributed by atoms with Crippen LogP contribution in [0, 0.1) is 0 Å². The average molecular weight is 390 g/mol. The second-order valence-electron chi connectivity index (χ2n) is 6.05. The third-order valence-electron chi connectivity index (χ3n) is 3.33. The fourth-order valence-corrected chi connectivity index (χ4v) is 1.82. The molecule has 1 rings (SSSR count). The molecule has 0 atom stereocenters. The molecule has 0 aliphatic carbocycles. The highest BCUT2D eigenvalue weighted by Gasteiger charge is 2.08. The Kier molecular flexibility index (Phi) is 10.1. The molecule has 0 amide bonds. The van der Waals surface area contributed by atoms with Crippen molar-refractivity contribution >= 4 is 17.9 Å². The minimum atomic E-state index is -0.468. The molecule has 0 N–H and O–H groups in total. The molecule has 0 aromatic heterocycles. The molecule has 0 radical (unpaired) electrons. The van der Waals surface area contributed by atoms with Gasteiger partial charge in [0.2, 0.25) is 0 Å². The van der Waals surface area contributed by atoms with Crippen molar-refractivity contribution < 1.29 is 33.3 Å². The lowest BCUT2D eigenvalue weighted by atomic mass is 10.2. The van der Waals surface area contributed by atoms with Crippen molar-refractivity contribution in [1.82, 2.24) is 0 Å². The lowest BCUT2D eigenvalue weighted by Gasteiger charge is -2.08. The van der Waals surface area contributed by atoms with Crippen molar-refractivity contribution in [2.24, 2.45) is 0 Å². The minimum absolute atomic E-state index is 0.142. The van der Waals surface area contributed by atoms with Crippen molar-refractivity contribution in [3.8, 4) is 5.75 Å². The van der Waals surface area contributed by atoms with Crippen LogP contribution < -0.4 is 4.74 Å². The first-order chi connectivity index (χ1) is 13.3. The minimum Gasteiger partial charge on any atom is -0.493 e. The van der Waals surface area contributed by atoms with Crippen LogP contribution in [0.2, 0.25) is 0 Å². The Morgan fingerprint density at radius 1 is 0.750 bits per heavy atom. The Bertz CT molecular complexity index is 704. The largest absolute Gasteiger partial charge is 0.493 e. The summed E-state index contributed by atoms with van der Waals surface area (Å²) >= 11 is 0. The standard InChI is InChI=1S/C21H26O7/c1-15(2)19(22)26-12-5-11-25-18-9-7-17(8-10-18)21(24)28-14-6-13-27-20(23)16(3)4/h7-10H,1,3,5-6,11-14H2,2,4H3. The van der Waals surface area contributed by atoms with Gasteiger partial charge in [-0.05, 0) is 38.1 Å². The van der Waals surface area contributed by atoms with Crippen molar-refractivity contribution in [2.75, 3.05) is 26.4 Å². The van der Waals surface area contributed by atoms with Crippen LogP contribution in [-0.2, 0) is 23.8 Å². The number of ether oxygens (including phenoxy) is 4. The van der Waals surface area contributed by atoms with Gasteiger partial charge in [0.05, 0.1) is 32.0 Å². The third-order valence-corrected chi connectivity index (χ3v) is 3.33. The van der Waals surface area contributed by atoms with E-state index in [9.17, 15) is 14.4 Å². The SMILES string of the molecule is C=C(C)C(=O)OCCCOC(=O)c1ccc(OCCCOC(=O)C(=C)C)cc1. The Hall–Kier alpha value is -3.09. The van der Waals surface area contributed by atoms with Crippen LogP contribution in [0.15, 0.2) is 48.6 Å². The number of carbonyl (C=O) groups is 3. The number of hydrogen-bond donors (Lipinski definition) is 0. The summed E-state index contributed by atoms with van der Waals surface area (Å²) < 4.78 is 20.5. The van der Waals surface area contributed by atoms with Gasteiger partial charge in [-0.2, -0.15) is 0 Å². The van der Waals surface area contributed by atoms with Gasteiger partial charge in [0.15, 0.2) is 0 Å². The van der Waals surface area contributed by atoms with Crippen molar-refractivity contribution in [3.05, 3.63) is 54.1 Å². The summed E-state index contributed by atoms with van der Waals surface area (Å²) in [5.74, 6) is -0.758. The van der Waals surface area contributed by atoms with Crippen LogP contribution in [0.25, 0.3) is 0 Å². The van der Waals surface area contributed by atoms with Gasteiger partial charge in [0.1, 0.15) is 5.75 Å². The van der Waals surface area contributed by atoms with Gasteiger partial charge in [0, 0.05) is 24.0 Å². The Labute approximate surface area is 164 Å². The van der Waals surface area contributed by atoms with Gasteiger partial charge in [-0.25, -0.2) is 14.4 Å². The average Bonchev–Trinajstić information content (AvgIpc) is 2.67. The molecule has 0 saturated heterocycles. The first kappa shape index (κ1) is 23.0. The molecule has 0 saturated carbocycles. The Balaban J connectivity index is 2.23. The van der Waals surface area contributed by atoms with Crippen LogP contribution >= 0.6 is 0 Å². The lowest BCUT2D eigenvalue weighted by Crippen LogP contribution is -2.11. The fraction of sp³-hybridized carbons (Fsp3) is 0.381. The maximum Gasteiger partial charge on any atom is 0.338 e. The second-order valence-corrected chi connectivity index (χ2v) is 6.05. The molecule has 1 aromatic rings. The summed E-state index contributed by atoms with van der Waals surface area (Å²) in [7, 11) is 0. The predicted molar refractivity (Wildman–Crippen MR) is 103 cm³/mol. The van der Waals surface area contributed by atoms with Gasteiger partial charge in [-0.15, -0.1) is 0 Å². The van der Waals surface area contributed by atoms with E-state index in [-0.39, 0.29) is 19.8 Å². The van der Waals surface area contributed by atoms with Gasteiger partial charge >= 0.3 is 17.9 Å². The van der Waals surface area contributed by atoms with Crippen LogP contribution in [0.4, 0.5) is 0 Å². The van der Waals surface area contributed by atoms with Crippen LogP contribution in [0.1, 0.15) is 37.0 Å². The van der Waals surface area contributed by atoms with Gasteiger partial charge in [-0.1, -0.05) is 13.2 Å². The van der Waals surface area contributed by atoms with E-state index < -0.39 is 17.9 Å². The molecule has 0 spiro atoms. The zero-order valence-electron chi connectivity index (χ0n) is 16.3. The molecule has 7 heteroatoms. The third kappa shape index (κ3) is 9.02. The predicted octanol–water partition coefficient (Wildman–Crippen LogP) is 3.24. The zero-order valence-corrected chi connectivity index (χ0v) is 16.3. The zero-order chi connectivity index (χ0) is 20.9. The van der Waals surface area contributed by atoms with Gasteiger partial charge in [-0.3, -0.25) is 0 Å². The summed E-state index contributed by atoms with van der Waals surface area (Å²) in [5, 5.41) is 0. The Morgan fingerprint density at radius 2 is 1.21 bits per heavy atom. The first-order valence-electron chi connectivity index (χ1n) is 8.86. The molecular weight excluding hydrogens is 364 g/mol. The number of rotatable bonds is 12. The topological polar surface area (TPSA) is 88.1 Å². The molecule has 28 heavy (non-hydrogen) atoms. The van der Waals surface area contributed by atoms with E-state index in [2.05, 4.69) is 13.2 Å². The highest BCUT2D eigenvalue weighted by Crippen LogP contribution is 2.13. The van der Waals surface area contributed by atoms with E-state index in [4.69, 9.17) is 18.9 Å². The summed E-state index contributed by atoms with van der Waals surface area (Å²) in [4.78, 5) is 34.3. The molecule has 7 nitrogen and oxygen atoms in total. The summed E-state index contributed by atoms with van der Waals surface area (Å²) in [6.07, 6.45) is 0.945. The van der Waals surface area contributed by atoms with E-state index in [1.54, 1.807) is 38.1 Å². The van der Waals surface area contributed by atoms with Crippen LogP contribution in [-0.4, -0.2) is 44.3 Å². The van der Waals surface area contributed by atoms with Crippen LogP contribution in [0.5, 0.6) is 5.75 Å². The monoisotopic (exact) mass is 390 g/mol. The summed E-state index contributed by atoms with van der Waals surface area (Å²) in [6.45, 7) is 11.0. The van der Waals surface area contributed by atoms with Crippen molar-refractivity contribution in [1.29, 1.82) is 0 Å². The molecule has 0 heterocycles.